The molecule has 1 aromatic rings. The van der Waals surface area contributed by atoms with Crippen LogP contribution in [0.3, 0.4) is 0 Å². The third-order valence-electron chi connectivity index (χ3n) is 10.3. The molecule has 230 valence electrons. The second kappa shape index (κ2) is 10.4. The van der Waals surface area contributed by atoms with Gasteiger partial charge in [0.25, 0.3) is 11.8 Å². The minimum Gasteiger partial charge on any atom is -0.379 e. The summed E-state index contributed by atoms with van der Waals surface area (Å²) in [5.74, 6) is -4.30. The van der Waals surface area contributed by atoms with Crippen LogP contribution >= 0.6 is 0 Å². The molecular weight excluding hydrogens is 559 g/mol. The monoisotopic (exact) mass is 596 g/mol. The molecule has 3 saturated carbocycles. The number of piperidine rings is 1. The fraction of sp³-hybridized carbons (Fsp3) is 0.700. The van der Waals surface area contributed by atoms with Crippen LogP contribution < -0.4 is 16.0 Å². The zero-order valence-electron chi connectivity index (χ0n) is 23.4. The lowest BCUT2D eigenvalue weighted by atomic mass is 9.75. The number of hydrogen-bond acceptors (Lipinski definition) is 5. The maximum atomic E-state index is 13.6. The van der Waals surface area contributed by atoms with Gasteiger partial charge in [-0.3, -0.25) is 19.7 Å². The largest absolute Gasteiger partial charge is 0.395 e. The lowest BCUT2D eigenvalue weighted by Crippen LogP contribution is -2.52. The van der Waals surface area contributed by atoms with Crippen LogP contribution in [0.15, 0.2) is 18.2 Å². The van der Waals surface area contributed by atoms with Crippen molar-refractivity contribution in [3.8, 4) is 0 Å². The number of imide groups is 1. The lowest BCUT2D eigenvalue weighted by molar-refractivity contribution is -0.186. The van der Waals surface area contributed by atoms with Gasteiger partial charge in [0.1, 0.15) is 6.04 Å². The van der Waals surface area contributed by atoms with E-state index in [-0.39, 0.29) is 63.0 Å². The Balaban J connectivity index is 1.15. The summed E-state index contributed by atoms with van der Waals surface area (Å²) in [6.07, 6.45) is 0.682. The predicted octanol–water partition coefficient (Wildman–Crippen LogP) is 5.30. The third-order valence-corrected chi connectivity index (χ3v) is 10.3. The van der Waals surface area contributed by atoms with Crippen molar-refractivity contribution >= 4 is 23.4 Å². The van der Waals surface area contributed by atoms with Crippen LogP contribution in [0.4, 0.5) is 27.6 Å². The van der Waals surface area contributed by atoms with Gasteiger partial charge in [-0.05, 0) is 69.9 Å². The van der Waals surface area contributed by atoms with Crippen molar-refractivity contribution < 1.29 is 36.3 Å². The summed E-state index contributed by atoms with van der Waals surface area (Å²) in [5, 5.41) is 9.15. The van der Waals surface area contributed by atoms with Gasteiger partial charge >= 0.3 is 6.18 Å². The summed E-state index contributed by atoms with van der Waals surface area (Å²) in [4.78, 5) is 38.9. The van der Waals surface area contributed by atoms with E-state index >= 15 is 0 Å². The highest BCUT2D eigenvalue weighted by Crippen LogP contribution is 2.57. The molecule has 4 fully saturated rings. The van der Waals surface area contributed by atoms with Gasteiger partial charge in [0.2, 0.25) is 11.8 Å². The standard InChI is InChI=1S/C30H37F5N4O3/c31-29(32)15-18(29)3-2-10-28(11-8-19(9-12-28)36-17-27(13-14-27)30(33,34)35)38-22-5-1-4-20-21(22)16-39(26(20)42)23-6-7-24(40)37-25(23)41/h1,4-5,18-19,23,36,38H,2-3,6-17H2,(H,37,40,41)/t18-,19?,23-,28?/m1/s1. The molecule has 3 amide bonds. The second-order valence-electron chi connectivity index (χ2n) is 13.1. The number of carbonyl (C=O) groups excluding carboxylic acids is 3. The molecule has 2 atom stereocenters. The highest BCUT2D eigenvalue weighted by molar-refractivity contribution is 6.06. The SMILES string of the molecule is O=C1CC[C@@H](N2Cc3c(NC4(CCC[C@@H]5CC5(F)F)CCC(NCC5(C(F)(F)F)CC5)CC4)cccc3C2=O)C(=O)N1. The van der Waals surface area contributed by atoms with Crippen molar-refractivity contribution in [3.05, 3.63) is 29.3 Å². The highest BCUT2D eigenvalue weighted by atomic mass is 19.4. The molecule has 1 saturated heterocycles. The number of rotatable bonds is 10. The molecule has 12 heteroatoms. The molecule has 0 bridgehead atoms. The van der Waals surface area contributed by atoms with Gasteiger partial charge < -0.3 is 15.5 Å². The molecule has 2 aliphatic heterocycles. The molecular formula is C30H37F5N4O3. The van der Waals surface area contributed by atoms with Gasteiger partial charge in [-0.15, -0.1) is 0 Å². The van der Waals surface area contributed by atoms with E-state index in [4.69, 9.17) is 0 Å². The van der Waals surface area contributed by atoms with Gasteiger partial charge in [-0.2, -0.15) is 13.2 Å². The summed E-state index contributed by atoms with van der Waals surface area (Å²) in [6, 6.07) is 4.56. The van der Waals surface area contributed by atoms with Crippen molar-refractivity contribution in [2.75, 3.05) is 11.9 Å². The van der Waals surface area contributed by atoms with Crippen LogP contribution in [-0.4, -0.2) is 58.9 Å². The minimum absolute atomic E-state index is 0.0569. The number of fused-ring (bicyclic) bond motifs is 1. The number of halogens is 5. The van der Waals surface area contributed by atoms with Gasteiger partial charge in [0, 0.05) is 60.2 Å². The maximum Gasteiger partial charge on any atom is 0.395 e. The normalized spacial score (nSPS) is 31.5. The van der Waals surface area contributed by atoms with E-state index in [1.54, 1.807) is 12.1 Å². The number of amides is 3. The fourth-order valence-electron chi connectivity index (χ4n) is 7.12. The Bertz CT molecular complexity index is 1260. The van der Waals surface area contributed by atoms with Crippen molar-refractivity contribution in [2.24, 2.45) is 11.3 Å². The number of nitrogens with zero attached hydrogens (tertiary/aromatic N) is 1. The van der Waals surface area contributed by atoms with Crippen LogP contribution in [0, 0.1) is 11.3 Å². The van der Waals surface area contributed by atoms with E-state index in [1.165, 1.54) is 4.90 Å². The van der Waals surface area contributed by atoms with Crippen molar-refractivity contribution in [2.45, 2.75) is 113 Å². The van der Waals surface area contributed by atoms with Crippen LogP contribution in [0.2, 0.25) is 0 Å². The minimum atomic E-state index is -4.21. The number of benzene rings is 1. The summed E-state index contributed by atoms with van der Waals surface area (Å²) in [6.45, 7) is 0.126. The van der Waals surface area contributed by atoms with Crippen LogP contribution in [-0.2, 0) is 16.1 Å². The van der Waals surface area contributed by atoms with Crippen molar-refractivity contribution in [1.29, 1.82) is 0 Å². The Labute approximate surface area is 241 Å². The average molecular weight is 597 g/mol. The third kappa shape index (κ3) is 5.63. The molecule has 3 aliphatic carbocycles. The summed E-state index contributed by atoms with van der Waals surface area (Å²) in [7, 11) is 0. The first-order valence-electron chi connectivity index (χ1n) is 15.0. The fourth-order valence-corrected chi connectivity index (χ4v) is 7.12. The Kier molecular flexibility index (Phi) is 7.29. The Morgan fingerprint density at radius 3 is 2.36 bits per heavy atom. The number of hydrogen-bond donors (Lipinski definition) is 3. The number of anilines is 1. The Morgan fingerprint density at radius 2 is 1.74 bits per heavy atom. The van der Waals surface area contributed by atoms with Gasteiger partial charge in [-0.25, -0.2) is 8.78 Å². The molecule has 2 heterocycles. The van der Waals surface area contributed by atoms with Gasteiger partial charge in [0.15, 0.2) is 0 Å². The molecule has 0 spiro atoms. The average Bonchev–Trinajstić information content (AvgIpc) is 3.81. The molecule has 3 N–H and O–H groups in total. The van der Waals surface area contributed by atoms with E-state index < -0.39 is 40.9 Å². The zero-order chi connectivity index (χ0) is 29.9. The molecule has 0 radical (unpaired) electrons. The smallest absolute Gasteiger partial charge is 0.379 e. The quantitative estimate of drug-likeness (QED) is 0.252. The van der Waals surface area contributed by atoms with Crippen LogP contribution in [0.25, 0.3) is 0 Å². The van der Waals surface area contributed by atoms with E-state index in [9.17, 15) is 36.3 Å². The summed E-state index contributed by atoms with van der Waals surface area (Å²) < 4.78 is 67.4. The first-order valence-corrected chi connectivity index (χ1v) is 15.0. The first kappa shape index (κ1) is 29.3. The Morgan fingerprint density at radius 1 is 1.02 bits per heavy atom. The van der Waals surface area contributed by atoms with E-state index in [0.29, 0.717) is 50.5 Å². The molecule has 5 aliphatic rings. The number of alkyl halides is 5. The molecule has 6 rings (SSSR count). The summed E-state index contributed by atoms with van der Waals surface area (Å²) >= 11 is 0. The van der Waals surface area contributed by atoms with E-state index in [2.05, 4.69) is 16.0 Å². The van der Waals surface area contributed by atoms with Crippen LogP contribution in [0.5, 0.6) is 0 Å². The van der Waals surface area contributed by atoms with Crippen LogP contribution in [0.1, 0.15) is 93.0 Å². The highest BCUT2D eigenvalue weighted by Gasteiger charge is 2.63. The molecule has 42 heavy (non-hydrogen) atoms. The van der Waals surface area contributed by atoms with Crippen molar-refractivity contribution in [3.63, 3.8) is 0 Å². The van der Waals surface area contributed by atoms with Crippen molar-refractivity contribution in [1.82, 2.24) is 15.5 Å². The second-order valence-corrected chi connectivity index (χ2v) is 13.1. The van der Waals surface area contributed by atoms with Gasteiger partial charge in [-0.1, -0.05) is 12.5 Å². The van der Waals surface area contributed by atoms with E-state index in [1.807, 2.05) is 6.07 Å². The predicted molar refractivity (Wildman–Crippen MR) is 144 cm³/mol. The molecule has 0 unspecified atom stereocenters. The van der Waals surface area contributed by atoms with Gasteiger partial charge in [0.05, 0.1) is 5.41 Å². The first-order chi connectivity index (χ1) is 19.8. The topological polar surface area (TPSA) is 90.5 Å². The Hall–Kier alpha value is -2.76. The summed E-state index contributed by atoms with van der Waals surface area (Å²) in [5.41, 5.74) is -0.0889. The molecule has 1 aromatic carbocycles. The number of carbonyl (C=O) groups is 3. The molecule has 7 nitrogen and oxygen atoms in total. The lowest BCUT2D eigenvalue weighted by Gasteiger charge is -2.43. The molecule has 0 aromatic heterocycles. The zero-order valence-corrected chi connectivity index (χ0v) is 23.4. The van der Waals surface area contributed by atoms with E-state index in [0.717, 1.165) is 11.3 Å². The number of nitrogens with one attached hydrogen (secondary N) is 3. The maximum absolute atomic E-state index is 13.6.